The second kappa shape index (κ2) is 2.24. The SMILES string of the molecule is OCC1=CC2C=CC1CC2. The molecule has 1 heteroatoms. The average Bonchev–Trinajstić information content (AvgIpc) is 2.06. The Morgan fingerprint density at radius 1 is 1.40 bits per heavy atom. The average molecular weight is 136 g/mol. The second-order valence-electron chi connectivity index (χ2n) is 3.13. The molecule has 3 aliphatic carbocycles. The molecular weight excluding hydrogens is 124 g/mol. The number of aliphatic hydroxyl groups is 1. The summed E-state index contributed by atoms with van der Waals surface area (Å²) in [6.45, 7) is 0.255. The third-order valence-electron chi connectivity index (χ3n) is 2.49. The van der Waals surface area contributed by atoms with Crippen LogP contribution in [0.4, 0.5) is 0 Å². The highest BCUT2D eigenvalue weighted by atomic mass is 16.3. The van der Waals surface area contributed by atoms with Crippen molar-refractivity contribution in [1.29, 1.82) is 0 Å². The predicted octanol–water partition coefficient (Wildman–Crippen LogP) is 1.50. The van der Waals surface area contributed by atoms with Crippen molar-refractivity contribution in [3.05, 3.63) is 23.8 Å². The van der Waals surface area contributed by atoms with Gasteiger partial charge in [0.15, 0.2) is 0 Å². The highest BCUT2D eigenvalue weighted by Crippen LogP contribution is 2.34. The van der Waals surface area contributed by atoms with Crippen LogP contribution >= 0.6 is 0 Å². The minimum absolute atomic E-state index is 0.255. The van der Waals surface area contributed by atoms with E-state index in [2.05, 4.69) is 18.2 Å². The Morgan fingerprint density at radius 2 is 2.30 bits per heavy atom. The van der Waals surface area contributed by atoms with E-state index in [0.717, 1.165) is 0 Å². The first-order valence-corrected chi connectivity index (χ1v) is 3.90. The smallest absolute Gasteiger partial charge is 0.0647 e. The van der Waals surface area contributed by atoms with Gasteiger partial charge in [-0.15, -0.1) is 0 Å². The van der Waals surface area contributed by atoms with Crippen LogP contribution < -0.4 is 0 Å². The second-order valence-corrected chi connectivity index (χ2v) is 3.13. The lowest BCUT2D eigenvalue weighted by atomic mass is 9.77. The van der Waals surface area contributed by atoms with Crippen LogP contribution in [0.25, 0.3) is 0 Å². The van der Waals surface area contributed by atoms with Gasteiger partial charge in [-0.25, -0.2) is 0 Å². The van der Waals surface area contributed by atoms with Gasteiger partial charge < -0.3 is 5.11 Å². The van der Waals surface area contributed by atoms with Crippen molar-refractivity contribution in [3.8, 4) is 0 Å². The molecule has 54 valence electrons. The first-order valence-electron chi connectivity index (χ1n) is 3.90. The largest absolute Gasteiger partial charge is 0.392 e. The Morgan fingerprint density at radius 3 is 2.60 bits per heavy atom. The fraction of sp³-hybridized carbons (Fsp3) is 0.556. The van der Waals surface area contributed by atoms with Crippen molar-refractivity contribution in [1.82, 2.24) is 0 Å². The van der Waals surface area contributed by atoms with Gasteiger partial charge in [0.05, 0.1) is 6.61 Å². The maximum absolute atomic E-state index is 8.91. The van der Waals surface area contributed by atoms with Crippen LogP contribution in [0, 0.1) is 11.8 Å². The topological polar surface area (TPSA) is 20.2 Å². The highest BCUT2D eigenvalue weighted by Gasteiger charge is 2.23. The summed E-state index contributed by atoms with van der Waals surface area (Å²) < 4.78 is 0. The zero-order chi connectivity index (χ0) is 6.97. The number of aliphatic hydroxyl groups excluding tert-OH is 1. The predicted molar refractivity (Wildman–Crippen MR) is 40.5 cm³/mol. The molecule has 0 saturated carbocycles. The molecule has 0 aliphatic heterocycles. The van der Waals surface area contributed by atoms with Crippen molar-refractivity contribution < 1.29 is 5.11 Å². The molecule has 0 saturated heterocycles. The van der Waals surface area contributed by atoms with E-state index in [4.69, 9.17) is 5.11 Å². The maximum Gasteiger partial charge on any atom is 0.0647 e. The van der Waals surface area contributed by atoms with E-state index in [0.29, 0.717) is 11.8 Å². The van der Waals surface area contributed by atoms with Crippen LogP contribution in [0.15, 0.2) is 23.8 Å². The van der Waals surface area contributed by atoms with Crippen molar-refractivity contribution in [2.24, 2.45) is 11.8 Å². The first kappa shape index (κ1) is 6.17. The molecule has 1 nitrogen and oxygen atoms in total. The van der Waals surface area contributed by atoms with Crippen LogP contribution in [0.2, 0.25) is 0 Å². The third-order valence-corrected chi connectivity index (χ3v) is 2.49. The van der Waals surface area contributed by atoms with Crippen LogP contribution in [-0.4, -0.2) is 11.7 Å². The van der Waals surface area contributed by atoms with Gasteiger partial charge in [-0.3, -0.25) is 0 Å². The number of fused-ring (bicyclic) bond motifs is 1. The molecule has 0 heterocycles. The van der Waals surface area contributed by atoms with Gasteiger partial charge in [0.25, 0.3) is 0 Å². The monoisotopic (exact) mass is 136 g/mol. The number of hydrogen-bond donors (Lipinski definition) is 1. The fourth-order valence-corrected chi connectivity index (χ4v) is 1.86. The minimum Gasteiger partial charge on any atom is -0.392 e. The van der Waals surface area contributed by atoms with Gasteiger partial charge >= 0.3 is 0 Å². The summed E-state index contributed by atoms with van der Waals surface area (Å²) in [5, 5.41) is 8.91. The summed E-state index contributed by atoms with van der Waals surface area (Å²) in [5.41, 5.74) is 1.23. The molecule has 0 spiro atoms. The summed E-state index contributed by atoms with van der Waals surface area (Å²) in [4.78, 5) is 0. The van der Waals surface area contributed by atoms with E-state index in [1.807, 2.05) is 0 Å². The molecule has 0 aromatic rings. The van der Waals surface area contributed by atoms with E-state index in [1.165, 1.54) is 18.4 Å². The Bertz CT molecular complexity index is 191. The molecule has 0 radical (unpaired) electrons. The van der Waals surface area contributed by atoms with Crippen LogP contribution in [0.5, 0.6) is 0 Å². The fourth-order valence-electron chi connectivity index (χ4n) is 1.86. The zero-order valence-corrected chi connectivity index (χ0v) is 5.96. The Labute approximate surface area is 61.1 Å². The Balaban J connectivity index is 2.25. The molecule has 1 N–H and O–H groups in total. The molecule has 0 amide bonds. The van der Waals surface area contributed by atoms with Gasteiger partial charge in [0, 0.05) is 5.92 Å². The van der Waals surface area contributed by atoms with Gasteiger partial charge in [0.1, 0.15) is 0 Å². The van der Waals surface area contributed by atoms with Crippen LogP contribution in [0.3, 0.4) is 0 Å². The lowest BCUT2D eigenvalue weighted by Gasteiger charge is -2.29. The quantitative estimate of drug-likeness (QED) is 0.542. The van der Waals surface area contributed by atoms with Crippen molar-refractivity contribution in [2.75, 3.05) is 6.61 Å². The van der Waals surface area contributed by atoms with E-state index in [-0.39, 0.29) is 6.61 Å². The molecule has 3 rings (SSSR count). The maximum atomic E-state index is 8.91. The molecule has 0 fully saturated rings. The molecule has 0 aromatic heterocycles. The molecule has 2 unspecified atom stereocenters. The molecule has 3 aliphatic rings. The number of allylic oxidation sites excluding steroid dienone is 3. The van der Waals surface area contributed by atoms with Crippen molar-refractivity contribution >= 4 is 0 Å². The Hall–Kier alpha value is -0.560. The van der Waals surface area contributed by atoms with E-state index in [1.54, 1.807) is 0 Å². The minimum atomic E-state index is 0.255. The zero-order valence-electron chi connectivity index (χ0n) is 5.96. The normalized spacial score (nSPS) is 36.3. The number of hydrogen-bond acceptors (Lipinski definition) is 1. The molecular formula is C9H12O. The van der Waals surface area contributed by atoms with Crippen molar-refractivity contribution in [2.45, 2.75) is 12.8 Å². The van der Waals surface area contributed by atoms with Gasteiger partial charge in [0.2, 0.25) is 0 Å². The summed E-state index contributed by atoms with van der Waals surface area (Å²) in [5.74, 6) is 1.20. The van der Waals surface area contributed by atoms with Gasteiger partial charge in [-0.1, -0.05) is 18.2 Å². The molecule has 0 aromatic carbocycles. The summed E-state index contributed by atoms with van der Waals surface area (Å²) >= 11 is 0. The molecule has 10 heavy (non-hydrogen) atoms. The number of rotatable bonds is 1. The third kappa shape index (κ3) is 0.816. The standard InChI is InChI=1S/C9H12O/c10-6-9-5-7-1-3-8(9)4-2-7/h1,3,5,7-8,10H,2,4,6H2. The molecule has 2 atom stereocenters. The highest BCUT2D eigenvalue weighted by molar-refractivity contribution is 5.26. The van der Waals surface area contributed by atoms with E-state index < -0.39 is 0 Å². The summed E-state index contributed by atoms with van der Waals surface area (Å²) in [7, 11) is 0. The van der Waals surface area contributed by atoms with Gasteiger partial charge in [-0.05, 0) is 24.3 Å². The summed E-state index contributed by atoms with van der Waals surface area (Å²) in [6.07, 6.45) is 9.24. The Kier molecular flexibility index (Phi) is 1.38. The lowest BCUT2D eigenvalue weighted by molar-refractivity contribution is 0.306. The first-order chi connectivity index (χ1) is 4.90. The van der Waals surface area contributed by atoms with Gasteiger partial charge in [-0.2, -0.15) is 0 Å². The van der Waals surface area contributed by atoms with Crippen LogP contribution in [0.1, 0.15) is 12.8 Å². The summed E-state index contributed by atoms with van der Waals surface area (Å²) in [6, 6.07) is 0. The molecule has 2 bridgehead atoms. The van der Waals surface area contributed by atoms with E-state index >= 15 is 0 Å². The van der Waals surface area contributed by atoms with Crippen molar-refractivity contribution in [3.63, 3.8) is 0 Å². The van der Waals surface area contributed by atoms with Crippen LogP contribution in [-0.2, 0) is 0 Å². The van der Waals surface area contributed by atoms with E-state index in [9.17, 15) is 0 Å². The lowest BCUT2D eigenvalue weighted by Crippen LogP contribution is -2.18.